The summed E-state index contributed by atoms with van der Waals surface area (Å²) < 4.78 is 1.74. The third-order valence-electron chi connectivity index (χ3n) is 2.13. The molecule has 0 spiro atoms. The largest absolute Gasteiger partial charge is 0.376 e. The molecule has 66 valence electrons. The first-order valence-corrected chi connectivity index (χ1v) is 3.81. The van der Waals surface area contributed by atoms with Crippen LogP contribution >= 0.6 is 0 Å². The molecule has 0 aromatic carbocycles. The number of ketones is 1. The number of aromatic nitrogens is 1. The van der Waals surface area contributed by atoms with Crippen molar-refractivity contribution in [2.24, 2.45) is 7.05 Å². The van der Waals surface area contributed by atoms with Crippen molar-refractivity contribution in [3.8, 4) is 0 Å². The number of aryl methyl sites for hydroxylation is 1. The first-order valence-electron chi connectivity index (χ1n) is 3.81. The van der Waals surface area contributed by atoms with Gasteiger partial charge < -0.3 is 9.67 Å². The molecule has 0 bridgehead atoms. The molecule has 1 unspecified atom stereocenters. The van der Waals surface area contributed by atoms with Crippen LogP contribution in [0.1, 0.15) is 19.5 Å². The van der Waals surface area contributed by atoms with E-state index in [9.17, 15) is 9.90 Å². The summed E-state index contributed by atoms with van der Waals surface area (Å²) in [7, 11) is 1.80. The summed E-state index contributed by atoms with van der Waals surface area (Å²) in [5, 5.41) is 9.76. The number of rotatable bonds is 2. The van der Waals surface area contributed by atoms with Crippen LogP contribution in [0.5, 0.6) is 0 Å². The van der Waals surface area contributed by atoms with Crippen LogP contribution in [0, 0.1) is 0 Å². The Bertz CT molecular complexity index is 299. The highest BCUT2D eigenvalue weighted by molar-refractivity contribution is 5.85. The van der Waals surface area contributed by atoms with E-state index in [1.807, 2.05) is 0 Å². The predicted octanol–water partition coefficient (Wildman–Crippen LogP) is 0.822. The van der Waals surface area contributed by atoms with Gasteiger partial charge in [0.2, 0.25) is 0 Å². The molecule has 0 saturated carbocycles. The fourth-order valence-corrected chi connectivity index (χ4v) is 1.15. The van der Waals surface area contributed by atoms with Crippen LogP contribution < -0.4 is 0 Å². The molecule has 12 heavy (non-hydrogen) atoms. The molecule has 1 aromatic rings. The molecule has 0 saturated heterocycles. The highest BCUT2D eigenvalue weighted by Crippen LogP contribution is 2.20. The van der Waals surface area contributed by atoms with Crippen LogP contribution in [0.4, 0.5) is 0 Å². The third kappa shape index (κ3) is 1.28. The maximum Gasteiger partial charge on any atom is 0.167 e. The standard InChI is InChI=1S/C9H13NO2/c1-7(11)9(2,12)8-5-4-6-10(8)3/h4-6,12H,1-3H3. The minimum atomic E-state index is -1.36. The van der Waals surface area contributed by atoms with E-state index in [0.717, 1.165) is 0 Å². The van der Waals surface area contributed by atoms with Gasteiger partial charge in [0.15, 0.2) is 11.4 Å². The van der Waals surface area contributed by atoms with Crippen LogP contribution in [0.3, 0.4) is 0 Å². The van der Waals surface area contributed by atoms with E-state index in [2.05, 4.69) is 0 Å². The Morgan fingerprint density at radius 2 is 2.25 bits per heavy atom. The average molecular weight is 167 g/mol. The minimum absolute atomic E-state index is 0.246. The lowest BCUT2D eigenvalue weighted by Crippen LogP contribution is -2.32. The zero-order valence-electron chi connectivity index (χ0n) is 7.53. The lowest BCUT2D eigenvalue weighted by Gasteiger charge is -2.20. The highest BCUT2D eigenvalue weighted by atomic mass is 16.3. The second-order valence-corrected chi connectivity index (χ2v) is 3.13. The van der Waals surface area contributed by atoms with E-state index in [4.69, 9.17) is 0 Å². The second-order valence-electron chi connectivity index (χ2n) is 3.13. The summed E-state index contributed by atoms with van der Waals surface area (Å²) >= 11 is 0. The molecule has 0 fully saturated rings. The van der Waals surface area contributed by atoms with Crippen molar-refractivity contribution in [2.45, 2.75) is 19.4 Å². The molecule has 1 heterocycles. The normalized spacial score (nSPS) is 15.7. The molecular weight excluding hydrogens is 154 g/mol. The average Bonchev–Trinajstić information content (AvgIpc) is 2.35. The fourth-order valence-electron chi connectivity index (χ4n) is 1.15. The van der Waals surface area contributed by atoms with Gasteiger partial charge in [-0.3, -0.25) is 4.79 Å². The van der Waals surface area contributed by atoms with Crippen molar-refractivity contribution in [1.82, 2.24) is 4.57 Å². The molecule has 1 N–H and O–H groups in total. The smallest absolute Gasteiger partial charge is 0.167 e. The van der Waals surface area contributed by atoms with Gasteiger partial charge >= 0.3 is 0 Å². The lowest BCUT2D eigenvalue weighted by molar-refractivity contribution is -0.134. The Hall–Kier alpha value is -1.09. The Labute approximate surface area is 71.6 Å². The molecule has 1 aromatic heterocycles. The van der Waals surface area contributed by atoms with Crippen molar-refractivity contribution < 1.29 is 9.90 Å². The summed E-state index contributed by atoms with van der Waals surface area (Å²) in [5.41, 5.74) is -0.742. The molecule has 0 amide bonds. The minimum Gasteiger partial charge on any atom is -0.376 e. The van der Waals surface area contributed by atoms with Gasteiger partial charge in [0.1, 0.15) is 0 Å². The zero-order valence-corrected chi connectivity index (χ0v) is 7.53. The van der Waals surface area contributed by atoms with Crippen molar-refractivity contribution in [3.05, 3.63) is 24.0 Å². The number of aliphatic hydroxyl groups is 1. The summed E-state index contributed by atoms with van der Waals surface area (Å²) in [6.07, 6.45) is 1.80. The molecule has 1 atom stereocenters. The molecule has 0 aliphatic heterocycles. The van der Waals surface area contributed by atoms with Crippen molar-refractivity contribution in [1.29, 1.82) is 0 Å². The molecule has 0 aliphatic rings. The van der Waals surface area contributed by atoms with E-state index in [1.54, 1.807) is 29.9 Å². The molecule has 0 radical (unpaired) electrons. The molecule has 0 aliphatic carbocycles. The van der Waals surface area contributed by atoms with E-state index in [0.29, 0.717) is 5.69 Å². The zero-order chi connectivity index (χ0) is 9.35. The van der Waals surface area contributed by atoms with Gasteiger partial charge in [-0.05, 0) is 26.0 Å². The van der Waals surface area contributed by atoms with Crippen LogP contribution in [-0.4, -0.2) is 15.5 Å². The highest BCUT2D eigenvalue weighted by Gasteiger charge is 2.30. The maximum atomic E-state index is 11.1. The summed E-state index contributed by atoms with van der Waals surface area (Å²) in [4.78, 5) is 11.1. The number of carbonyl (C=O) groups is 1. The fraction of sp³-hybridized carbons (Fsp3) is 0.444. The summed E-state index contributed by atoms with van der Waals surface area (Å²) in [5.74, 6) is -0.246. The quantitative estimate of drug-likeness (QED) is 0.708. The van der Waals surface area contributed by atoms with Gasteiger partial charge in [0.05, 0.1) is 5.69 Å². The summed E-state index contributed by atoms with van der Waals surface area (Å²) in [6.45, 7) is 2.89. The molecule has 3 heteroatoms. The maximum absolute atomic E-state index is 11.1. The Morgan fingerprint density at radius 3 is 2.58 bits per heavy atom. The number of carbonyl (C=O) groups excluding carboxylic acids is 1. The summed E-state index contributed by atoms with van der Waals surface area (Å²) in [6, 6.07) is 3.54. The Morgan fingerprint density at radius 1 is 1.67 bits per heavy atom. The molecule has 3 nitrogen and oxygen atoms in total. The van der Waals surface area contributed by atoms with Gasteiger partial charge in [-0.2, -0.15) is 0 Å². The van der Waals surface area contributed by atoms with Gasteiger partial charge in [0.25, 0.3) is 0 Å². The van der Waals surface area contributed by atoms with Gasteiger partial charge in [0, 0.05) is 13.2 Å². The van der Waals surface area contributed by atoms with Crippen molar-refractivity contribution in [3.63, 3.8) is 0 Å². The number of hydrogen-bond donors (Lipinski definition) is 1. The van der Waals surface area contributed by atoms with Gasteiger partial charge in [-0.15, -0.1) is 0 Å². The Balaban J connectivity index is 3.13. The van der Waals surface area contributed by atoms with Crippen LogP contribution in [0.25, 0.3) is 0 Å². The second kappa shape index (κ2) is 2.75. The van der Waals surface area contributed by atoms with Crippen LogP contribution in [0.2, 0.25) is 0 Å². The third-order valence-corrected chi connectivity index (χ3v) is 2.13. The number of Topliss-reactive ketones (excluding diaryl/α,β-unsaturated/α-hetero) is 1. The first kappa shape index (κ1) is 9.00. The topological polar surface area (TPSA) is 42.2 Å². The molecular formula is C9H13NO2. The predicted molar refractivity (Wildman–Crippen MR) is 45.7 cm³/mol. The van der Waals surface area contributed by atoms with E-state index < -0.39 is 5.60 Å². The van der Waals surface area contributed by atoms with E-state index >= 15 is 0 Å². The van der Waals surface area contributed by atoms with Gasteiger partial charge in [-0.25, -0.2) is 0 Å². The number of hydrogen-bond acceptors (Lipinski definition) is 2. The van der Waals surface area contributed by atoms with Crippen LogP contribution in [-0.2, 0) is 17.4 Å². The molecule has 1 rings (SSSR count). The van der Waals surface area contributed by atoms with Crippen LogP contribution in [0.15, 0.2) is 18.3 Å². The first-order chi connectivity index (χ1) is 5.46. The monoisotopic (exact) mass is 167 g/mol. The van der Waals surface area contributed by atoms with E-state index in [1.165, 1.54) is 13.8 Å². The Kier molecular flexibility index (Phi) is 2.06. The van der Waals surface area contributed by atoms with Crippen molar-refractivity contribution in [2.75, 3.05) is 0 Å². The van der Waals surface area contributed by atoms with E-state index in [-0.39, 0.29) is 5.78 Å². The lowest BCUT2D eigenvalue weighted by atomic mass is 9.98. The van der Waals surface area contributed by atoms with Crippen molar-refractivity contribution >= 4 is 5.78 Å². The SMILES string of the molecule is CC(=O)C(C)(O)c1cccn1C. The number of nitrogens with zero attached hydrogens (tertiary/aromatic N) is 1. The van der Waals surface area contributed by atoms with Gasteiger partial charge in [-0.1, -0.05) is 0 Å².